The Hall–Kier alpha value is -3.55. The summed E-state index contributed by atoms with van der Waals surface area (Å²) in [4.78, 5) is 17.2. The van der Waals surface area contributed by atoms with Crippen LogP contribution in [0.5, 0.6) is 0 Å². The van der Waals surface area contributed by atoms with E-state index in [9.17, 15) is 9.18 Å². The smallest absolute Gasteiger partial charge is 0.251 e. The predicted molar refractivity (Wildman–Crippen MR) is 152 cm³/mol. The fourth-order valence-electron chi connectivity index (χ4n) is 5.48. The van der Waals surface area contributed by atoms with Crippen LogP contribution in [0.2, 0.25) is 0 Å². The molecule has 0 spiro atoms. The third-order valence-electron chi connectivity index (χ3n) is 7.68. The summed E-state index contributed by atoms with van der Waals surface area (Å²) in [6, 6.07) is 20.4. The van der Waals surface area contributed by atoms with E-state index in [-0.39, 0.29) is 11.7 Å². The number of hydrogen-bond acceptors (Lipinski definition) is 5. The molecule has 0 saturated carbocycles. The molecule has 1 aliphatic rings. The molecule has 0 aliphatic carbocycles. The van der Waals surface area contributed by atoms with Crippen LogP contribution < -0.4 is 5.32 Å². The first-order valence-electron chi connectivity index (χ1n) is 13.8. The number of rotatable bonds is 10. The number of carbonyl (C=O) groups excluding carboxylic acids is 1. The number of halogens is 1. The first-order chi connectivity index (χ1) is 19.0. The lowest BCUT2D eigenvalue weighted by atomic mass is 9.90. The Morgan fingerprint density at radius 1 is 1.05 bits per heavy atom. The summed E-state index contributed by atoms with van der Waals surface area (Å²) in [5.41, 5.74) is 5.64. The molecule has 1 saturated heterocycles. The van der Waals surface area contributed by atoms with Gasteiger partial charge in [-0.1, -0.05) is 41.6 Å². The number of amides is 1. The largest absolute Gasteiger partial charge is 0.356 e. The number of carbonyl (C=O) groups is 1. The first kappa shape index (κ1) is 27.0. The highest BCUT2D eigenvalue weighted by Crippen LogP contribution is 2.29. The van der Waals surface area contributed by atoms with Crippen LogP contribution in [0.15, 0.2) is 71.3 Å². The van der Waals surface area contributed by atoms with Gasteiger partial charge in [0.1, 0.15) is 5.82 Å². The topological polar surface area (TPSA) is 61.6 Å². The molecule has 0 unspecified atom stereocenters. The zero-order chi connectivity index (χ0) is 27.2. The zero-order valence-corrected chi connectivity index (χ0v) is 22.8. The molecule has 2 heterocycles. The number of nitrogens with one attached hydrogen (secondary N) is 1. The van der Waals surface area contributed by atoms with Gasteiger partial charge in [-0.15, -0.1) is 0 Å². The maximum absolute atomic E-state index is 13.2. The quantitative estimate of drug-likeness (QED) is 0.282. The lowest BCUT2D eigenvalue weighted by molar-refractivity contribution is 0.0950. The molecule has 1 amide bonds. The summed E-state index contributed by atoms with van der Waals surface area (Å²) in [6.07, 6.45) is 4.44. The second kappa shape index (κ2) is 12.5. The van der Waals surface area contributed by atoms with Crippen molar-refractivity contribution in [1.29, 1.82) is 0 Å². The zero-order valence-electron chi connectivity index (χ0n) is 22.8. The van der Waals surface area contributed by atoms with Crippen LogP contribution in [0.25, 0.3) is 11.0 Å². The minimum atomic E-state index is -0.361. The number of aromatic nitrogens is 1. The van der Waals surface area contributed by atoms with Crippen molar-refractivity contribution in [2.24, 2.45) is 5.92 Å². The molecule has 0 atom stereocenters. The molecule has 0 radical (unpaired) electrons. The van der Waals surface area contributed by atoms with Crippen molar-refractivity contribution in [1.82, 2.24) is 20.3 Å². The van der Waals surface area contributed by atoms with Gasteiger partial charge in [0.25, 0.3) is 5.91 Å². The summed E-state index contributed by atoms with van der Waals surface area (Å²) >= 11 is 0. The molecular formula is C32H37FN4O2. The average Bonchev–Trinajstić information content (AvgIpc) is 3.36. The van der Waals surface area contributed by atoms with Crippen molar-refractivity contribution in [3.8, 4) is 0 Å². The molecule has 0 bridgehead atoms. The average molecular weight is 529 g/mol. The van der Waals surface area contributed by atoms with Gasteiger partial charge in [0, 0.05) is 36.1 Å². The molecule has 204 valence electrons. The van der Waals surface area contributed by atoms with Gasteiger partial charge >= 0.3 is 0 Å². The fraction of sp³-hybridized carbons (Fsp3) is 0.375. The van der Waals surface area contributed by atoms with E-state index in [2.05, 4.69) is 62.7 Å². The number of benzene rings is 3. The maximum Gasteiger partial charge on any atom is 0.251 e. The molecular weight excluding hydrogens is 491 g/mol. The Balaban J connectivity index is 1.21. The second-order valence-corrected chi connectivity index (χ2v) is 10.9. The summed E-state index contributed by atoms with van der Waals surface area (Å²) in [7, 11) is 4.03. The summed E-state index contributed by atoms with van der Waals surface area (Å²) in [5.74, 6) is 0.102. The highest BCUT2D eigenvalue weighted by Gasteiger charge is 2.22. The van der Waals surface area contributed by atoms with Gasteiger partial charge < -0.3 is 14.7 Å². The maximum atomic E-state index is 13.2. The monoisotopic (exact) mass is 528 g/mol. The Labute approximate surface area is 229 Å². The van der Waals surface area contributed by atoms with Crippen LogP contribution in [0, 0.1) is 11.7 Å². The standard InChI is InChI=1S/C32H37FN4O2/c1-36(2)22-29-26(20-34-32(38)25-9-12-27(33)13-10-25)11-14-28-30(35-39-31(28)29)15-8-23-16-18-37(19-17-23)21-24-6-4-3-5-7-24/h3-7,9-14,23H,8,15-22H2,1-2H3,(H,34,38). The lowest BCUT2D eigenvalue weighted by Crippen LogP contribution is -2.33. The van der Waals surface area contributed by atoms with E-state index in [0.717, 1.165) is 60.3 Å². The van der Waals surface area contributed by atoms with Crippen LogP contribution in [0.1, 0.15) is 52.0 Å². The number of nitrogens with zero attached hydrogens (tertiary/aromatic N) is 3. The molecule has 1 N–H and O–H groups in total. The molecule has 39 heavy (non-hydrogen) atoms. The first-order valence-corrected chi connectivity index (χ1v) is 13.8. The van der Waals surface area contributed by atoms with Gasteiger partial charge in [0.15, 0.2) is 5.58 Å². The summed E-state index contributed by atoms with van der Waals surface area (Å²) in [6.45, 7) is 4.33. The third-order valence-corrected chi connectivity index (χ3v) is 7.68. The van der Waals surface area contributed by atoms with E-state index in [0.29, 0.717) is 24.6 Å². The normalized spacial score (nSPS) is 14.8. The van der Waals surface area contributed by atoms with Crippen LogP contribution in [-0.2, 0) is 26.1 Å². The van der Waals surface area contributed by atoms with E-state index in [1.807, 2.05) is 14.1 Å². The van der Waals surface area contributed by atoms with Gasteiger partial charge in [-0.25, -0.2) is 4.39 Å². The number of fused-ring (bicyclic) bond motifs is 1. The molecule has 6 nitrogen and oxygen atoms in total. The van der Waals surface area contributed by atoms with E-state index in [1.54, 1.807) is 0 Å². The van der Waals surface area contributed by atoms with Crippen LogP contribution in [0.3, 0.4) is 0 Å². The van der Waals surface area contributed by atoms with Gasteiger partial charge in [0.05, 0.1) is 5.69 Å². The molecule has 5 rings (SSSR count). The Kier molecular flexibility index (Phi) is 8.69. The SMILES string of the molecule is CN(C)Cc1c(CNC(=O)c2ccc(F)cc2)ccc2c(CCC3CCN(Cc4ccccc4)CC3)noc12. The number of hydrogen-bond donors (Lipinski definition) is 1. The number of likely N-dealkylation sites (tertiary alicyclic amines) is 1. The van der Waals surface area contributed by atoms with Crippen LogP contribution in [-0.4, -0.2) is 48.0 Å². The van der Waals surface area contributed by atoms with E-state index in [4.69, 9.17) is 4.52 Å². The van der Waals surface area contributed by atoms with Crippen molar-refractivity contribution in [3.05, 3.63) is 100 Å². The minimum absolute atomic E-state index is 0.237. The highest BCUT2D eigenvalue weighted by molar-refractivity contribution is 5.94. The van der Waals surface area contributed by atoms with Crippen LogP contribution in [0.4, 0.5) is 4.39 Å². The van der Waals surface area contributed by atoms with E-state index < -0.39 is 0 Å². The van der Waals surface area contributed by atoms with Gasteiger partial charge in [-0.05, 0) is 100 Å². The van der Waals surface area contributed by atoms with Crippen molar-refractivity contribution in [3.63, 3.8) is 0 Å². The number of aryl methyl sites for hydroxylation is 1. The third kappa shape index (κ3) is 6.91. The number of piperidine rings is 1. The Bertz CT molecular complexity index is 1380. The van der Waals surface area contributed by atoms with Gasteiger partial charge in [0.2, 0.25) is 0 Å². The molecule has 1 fully saturated rings. The second-order valence-electron chi connectivity index (χ2n) is 10.9. The minimum Gasteiger partial charge on any atom is -0.356 e. The van der Waals surface area contributed by atoms with E-state index >= 15 is 0 Å². The van der Waals surface area contributed by atoms with Crippen molar-refractivity contribution < 1.29 is 13.7 Å². The lowest BCUT2D eigenvalue weighted by Gasteiger charge is -2.32. The van der Waals surface area contributed by atoms with Crippen LogP contribution >= 0.6 is 0 Å². The molecule has 7 heteroatoms. The Morgan fingerprint density at radius 2 is 1.79 bits per heavy atom. The predicted octanol–water partition coefficient (Wildman–Crippen LogP) is 5.80. The highest BCUT2D eigenvalue weighted by atomic mass is 19.1. The fourth-order valence-corrected chi connectivity index (χ4v) is 5.48. The molecule has 1 aliphatic heterocycles. The van der Waals surface area contributed by atoms with Crippen molar-refractivity contribution in [2.75, 3.05) is 27.2 Å². The Morgan fingerprint density at radius 3 is 2.51 bits per heavy atom. The van der Waals surface area contributed by atoms with Crippen molar-refractivity contribution >= 4 is 16.9 Å². The van der Waals surface area contributed by atoms with Crippen molar-refractivity contribution in [2.45, 2.75) is 45.3 Å². The summed E-state index contributed by atoms with van der Waals surface area (Å²) < 4.78 is 19.1. The van der Waals surface area contributed by atoms with Gasteiger partial charge in [-0.3, -0.25) is 9.69 Å². The van der Waals surface area contributed by atoms with Gasteiger partial charge in [-0.2, -0.15) is 0 Å². The molecule has 1 aromatic heterocycles. The molecule has 3 aromatic carbocycles. The molecule has 4 aromatic rings. The summed E-state index contributed by atoms with van der Waals surface area (Å²) in [5, 5.41) is 8.50. The van der Waals surface area contributed by atoms with E-state index in [1.165, 1.54) is 42.7 Å².